The molecule has 0 fully saturated rings. The summed E-state index contributed by atoms with van der Waals surface area (Å²) in [5.74, 6) is 1.16. The molecular formula is C10H16N2O. The van der Waals surface area contributed by atoms with E-state index < -0.39 is 0 Å². The van der Waals surface area contributed by atoms with Crippen molar-refractivity contribution in [1.82, 2.24) is 9.97 Å². The Balaban J connectivity index is 2.86. The van der Waals surface area contributed by atoms with Crippen molar-refractivity contribution in [2.75, 3.05) is 7.11 Å². The zero-order valence-corrected chi connectivity index (χ0v) is 8.61. The zero-order chi connectivity index (χ0) is 9.84. The summed E-state index contributed by atoms with van der Waals surface area (Å²) >= 11 is 0. The maximum absolute atomic E-state index is 5.31. The van der Waals surface area contributed by atoms with Gasteiger partial charge in [0, 0.05) is 19.5 Å². The molecule has 0 aromatic carbocycles. The minimum absolute atomic E-state index is 0.000556. The molecule has 0 saturated heterocycles. The summed E-state index contributed by atoms with van der Waals surface area (Å²) in [6.45, 7) is 6.16. The highest BCUT2D eigenvalue weighted by Gasteiger charge is 2.17. The van der Waals surface area contributed by atoms with Gasteiger partial charge in [-0.15, -0.1) is 0 Å². The van der Waals surface area contributed by atoms with Gasteiger partial charge in [-0.3, -0.25) is 0 Å². The molecule has 72 valence electrons. The lowest BCUT2D eigenvalue weighted by Crippen LogP contribution is -2.12. The summed E-state index contributed by atoms with van der Waals surface area (Å²) in [5.41, 5.74) is 1.07. The summed E-state index contributed by atoms with van der Waals surface area (Å²) in [6, 6.07) is 0. The van der Waals surface area contributed by atoms with Crippen LogP contribution in [0.15, 0.2) is 12.4 Å². The van der Waals surface area contributed by atoms with Gasteiger partial charge in [0.25, 0.3) is 0 Å². The molecule has 1 unspecified atom stereocenters. The molecule has 1 atom stereocenters. The minimum atomic E-state index is 0.000556. The molecule has 0 aliphatic carbocycles. The lowest BCUT2D eigenvalue weighted by Gasteiger charge is -2.17. The zero-order valence-electron chi connectivity index (χ0n) is 8.61. The normalized spacial score (nSPS) is 13.3. The summed E-state index contributed by atoms with van der Waals surface area (Å²) < 4.78 is 5.31. The van der Waals surface area contributed by atoms with E-state index in [1.54, 1.807) is 7.11 Å². The Bertz CT molecular complexity index is 256. The van der Waals surface area contributed by atoms with Gasteiger partial charge in [-0.1, -0.05) is 13.8 Å². The summed E-state index contributed by atoms with van der Waals surface area (Å²) in [5, 5.41) is 0. The van der Waals surface area contributed by atoms with Gasteiger partial charge in [0.05, 0.1) is 0 Å². The second kappa shape index (κ2) is 4.33. The van der Waals surface area contributed by atoms with Crippen LogP contribution in [0.5, 0.6) is 0 Å². The number of nitrogens with zero attached hydrogens (tertiary/aromatic N) is 2. The predicted octanol–water partition coefficient (Wildman–Crippen LogP) is 2.13. The van der Waals surface area contributed by atoms with E-state index in [0.717, 1.165) is 11.4 Å². The fourth-order valence-corrected chi connectivity index (χ4v) is 1.23. The Morgan fingerprint density at radius 1 is 1.23 bits per heavy atom. The van der Waals surface area contributed by atoms with E-state index in [9.17, 15) is 0 Å². The second-order valence-electron chi connectivity index (χ2n) is 3.52. The van der Waals surface area contributed by atoms with Crippen molar-refractivity contribution in [3.63, 3.8) is 0 Å². The van der Waals surface area contributed by atoms with Crippen LogP contribution < -0.4 is 0 Å². The van der Waals surface area contributed by atoms with Crippen molar-refractivity contribution in [3.05, 3.63) is 23.8 Å². The molecule has 0 radical (unpaired) electrons. The number of rotatable bonds is 3. The van der Waals surface area contributed by atoms with Crippen LogP contribution in [0, 0.1) is 12.8 Å². The maximum Gasteiger partial charge on any atom is 0.157 e. The van der Waals surface area contributed by atoms with Crippen molar-refractivity contribution >= 4 is 0 Å². The first kappa shape index (κ1) is 10.1. The van der Waals surface area contributed by atoms with Gasteiger partial charge < -0.3 is 4.74 Å². The van der Waals surface area contributed by atoms with Crippen LogP contribution >= 0.6 is 0 Å². The topological polar surface area (TPSA) is 35.0 Å². The SMILES string of the molecule is COC(c1ncc(C)cn1)C(C)C. The molecule has 1 heterocycles. The Hall–Kier alpha value is -0.960. The minimum Gasteiger partial charge on any atom is -0.373 e. The van der Waals surface area contributed by atoms with E-state index in [-0.39, 0.29) is 6.10 Å². The maximum atomic E-state index is 5.31. The van der Waals surface area contributed by atoms with Crippen LogP contribution in [0.3, 0.4) is 0 Å². The average molecular weight is 180 g/mol. The number of ether oxygens (including phenoxy) is 1. The van der Waals surface area contributed by atoms with Gasteiger partial charge in [0.15, 0.2) is 5.82 Å². The molecule has 1 aromatic heterocycles. The fourth-order valence-electron chi connectivity index (χ4n) is 1.23. The van der Waals surface area contributed by atoms with Crippen LogP contribution in [0.1, 0.15) is 31.3 Å². The van der Waals surface area contributed by atoms with Gasteiger partial charge in [0.2, 0.25) is 0 Å². The molecule has 1 rings (SSSR count). The molecule has 0 aliphatic heterocycles. The molecule has 0 N–H and O–H groups in total. The van der Waals surface area contributed by atoms with E-state index in [1.807, 2.05) is 19.3 Å². The monoisotopic (exact) mass is 180 g/mol. The third-order valence-corrected chi connectivity index (χ3v) is 1.91. The Morgan fingerprint density at radius 3 is 2.15 bits per heavy atom. The Kier molecular flexibility index (Phi) is 3.37. The number of aryl methyl sites for hydroxylation is 1. The highest BCUT2D eigenvalue weighted by atomic mass is 16.5. The predicted molar refractivity (Wildman–Crippen MR) is 51.4 cm³/mol. The summed E-state index contributed by atoms with van der Waals surface area (Å²) in [6.07, 6.45) is 3.63. The fraction of sp³-hybridized carbons (Fsp3) is 0.600. The van der Waals surface area contributed by atoms with Gasteiger partial charge in [-0.2, -0.15) is 0 Å². The highest BCUT2D eigenvalue weighted by Crippen LogP contribution is 2.20. The van der Waals surface area contributed by atoms with E-state index in [0.29, 0.717) is 5.92 Å². The Labute approximate surface area is 79.2 Å². The number of hydrogen-bond acceptors (Lipinski definition) is 3. The van der Waals surface area contributed by atoms with Crippen molar-refractivity contribution in [1.29, 1.82) is 0 Å². The summed E-state index contributed by atoms with van der Waals surface area (Å²) in [4.78, 5) is 8.47. The molecule has 0 bridgehead atoms. The first-order chi connectivity index (χ1) is 6.15. The average Bonchev–Trinajstić information content (AvgIpc) is 2.09. The molecule has 3 heteroatoms. The number of aromatic nitrogens is 2. The van der Waals surface area contributed by atoms with Gasteiger partial charge >= 0.3 is 0 Å². The molecule has 3 nitrogen and oxygen atoms in total. The standard InChI is InChI=1S/C10H16N2O/c1-7(2)9(13-4)10-11-5-8(3)6-12-10/h5-7,9H,1-4H3. The number of methoxy groups -OCH3 is 1. The number of hydrogen-bond donors (Lipinski definition) is 0. The lowest BCUT2D eigenvalue weighted by atomic mass is 10.1. The molecule has 1 aromatic rings. The van der Waals surface area contributed by atoms with Crippen molar-refractivity contribution < 1.29 is 4.74 Å². The summed E-state index contributed by atoms with van der Waals surface area (Å²) in [7, 11) is 1.69. The third-order valence-electron chi connectivity index (χ3n) is 1.91. The van der Waals surface area contributed by atoms with E-state index >= 15 is 0 Å². The molecule has 13 heavy (non-hydrogen) atoms. The van der Waals surface area contributed by atoms with Crippen molar-refractivity contribution in [2.24, 2.45) is 5.92 Å². The molecule has 0 aliphatic rings. The molecule has 0 spiro atoms. The first-order valence-electron chi connectivity index (χ1n) is 4.46. The molecule has 0 saturated carbocycles. The third kappa shape index (κ3) is 2.49. The highest BCUT2D eigenvalue weighted by molar-refractivity contribution is 5.03. The van der Waals surface area contributed by atoms with E-state index in [2.05, 4.69) is 23.8 Å². The van der Waals surface area contributed by atoms with Gasteiger partial charge in [0.1, 0.15) is 6.10 Å². The molecular weight excluding hydrogens is 164 g/mol. The van der Waals surface area contributed by atoms with E-state index in [4.69, 9.17) is 4.74 Å². The largest absolute Gasteiger partial charge is 0.373 e. The van der Waals surface area contributed by atoms with Crippen LogP contribution in [0.4, 0.5) is 0 Å². The second-order valence-corrected chi connectivity index (χ2v) is 3.52. The smallest absolute Gasteiger partial charge is 0.157 e. The van der Waals surface area contributed by atoms with E-state index in [1.165, 1.54) is 0 Å². The van der Waals surface area contributed by atoms with Gasteiger partial charge in [-0.05, 0) is 18.4 Å². The first-order valence-corrected chi connectivity index (χ1v) is 4.46. The van der Waals surface area contributed by atoms with Crippen LogP contribution in [-0.2, 0) is 4.74 Å². The van der Waals surface area contributed by atoms with Crippen LogP contribution in [0.2, 0.25) is 0 Å². The van der Waals surface area contributed by atoms with Gasteiger partial charge in [-0.25, -0.2) is 9.97 Å². The lowest BCUT2D eigenvalue weighted by molar-refractivity contribution is 0.0574. The van der Waals surface area contributed by atoms with Crippen molar-refractivity contribution in [3.8, 4) is 0 Å². The van der Waals surface area contributed by atoms with Crippen LogP contribution in [0.25, 0.3) is 0 Å². The van der Waals surface area contributed by atoms with Crippen molar-refractivity contribution in [2.45, 2.75) is 26.9 Å². The van der Waals surface area contributed by atoms with Crippen LogP contribution in [-0.4, -0.2) is 17.1 Å². The molecule has 0 amide bonds. The Morgan fingerprint density at radius 2 is 1.77 bits per heavy atom. The quantitative estimate of drug-likeness (QED) is 0.714.